The molecule has 1 aromatic heterocycles. The van der Waals surface area contributed by atoms with Crippen molar-refractivity contribution in [2.24, 2.45) is 0 Å². The summed E-state index contributed by atoms with van der Waals surface area (Å²) in [5, 5.41) is 10.1. The highest BCUT2D eigenvalue weighted by Gasteiger charge is 2.46. The van der Waals surface area contributed by atoms with Gasteiger partial charge in [-0.25, -0.2) is 0 Å². The third-order valence-corrected chi connectivity index (χ3v) is 17.5. The SMILES string of the molecule is CC1(C)c2ccccc2-c2cc(N(c3ccc4c(c3)C(c3ccccc3)(c3ccccc3)c3ccccc3-4)c3cc4c5ccccc5c5ccccc5c4cc3-c3ccc4sc5ccccc5c4c3)ccc21. The molecule has 0 aliphatic heterocycles. The van der Waals surface area contributed by atoms with E-state index in [-0.39, 0.29) is 5.41 Å². The standard InChI is InChI=1S/C70H47NS/c1-69(2)62-30-16-13-28-54(62)60-40-47(35-37-63(60)69)71(48-34-36-55-53-27-14-17-31-64(53)70(65(55)41-48,45-19-5-3-6-20-45)46-21-7-4-8-22-46)66-43-59-52-26-12-10-24-50(52)49-23-9-11-25-51(49)58(59)42-57(66)44-33-38-68-61(39-44)56-29-15-18-32-67(56)72-68/h3-43H,1-2H3. The molecule has 0 saturated carbocycles. The Morgan fingerprint density at radius 2 is 0.806 bits per heavy atom. The number of thiophene rings is 1. The van der Waals surface area contributed by atoms with Gasteiger partial charge in [-0.05, 0) is 148 Å². The summed E-state index contributed by atoms with van der Waals surface area (Å²) in [5.41, 5.74) is 18.0. The highest BCUT2D eigenvalue weighted by molar-refractivity contribution is 7.25. The molecule has 2 aliphatic rings. The van der Waals surface area contributed by atoms with E-state index in [1.165, 1.54) is 119 Å². The molecule has 2 aliphatic carbocycles. The maximum absolute atomic E-state index is 2.59. The molecule has 0 fully saturated rings. The van der Waals surface area contributed by atoms with Crippen LogP contribution in [-0.2, 0) is 10.8 Å². The molecule has 338 valence electrons. The second kappa shape index (κ2) is 15.5. The third kappa shape index (κ3) is 5.76. The van der Waals surface area contributed by atoms with E-state index in [0.29, 0.717) is 0 Å². The summed E-state index contributed by atoms with van der Waals surface area (Å²) in [7, 11) is 0. The van der Waals surface area contributed by atoms with Crippen molar-refractivity contribution in [3.05, 3.63) is 282 Å². The van der Waals surface area contributed by atoms with Crippen molar-refractivity contribution in [1.29, 1.82) is 0 Å². The van der Waals surface area contributed by atoms with Crippen molar-refractivity contribution in [3.8, 4) is 33.4 Å². The lowest BCUT2D eigenvalue weighted by atomic mass is 9.67. The fraction of sp³-hybridized carbons (Fsp3) is 0.0571. The van der Waals surface area contributed by atoms with Crippen LogP contribution in [0.15, 0.2) is 249 Å². The number of fused-ring (bicyclic) bond motifs is 15. The van der Waals surface area contributed by atoms with E-state index >= 15 is 0 Å². The molecular formula is C70H47NS. The number of rotatable bonds is 6. The van der Waals surface area contributed by atoms with Gasteiger partial charge in [-0.1, -0.05) is 208 Å². The minimum Gasteiger partial charge on any atom is -0.310 e. The molecule has 0 saturated heterocycles. The van der Waals surface area contributed by atoms with Crippen molar-refractivity contribution in [3.63, 3.8) is 0 Å². The lowest BCUT2D eigenvalue weighted by Crippen LogP contribution is -2.28. The summed E-state index contributed by atoms with van der Waals surface area (Å²) in [6.07, 6.45) is 0. The van der Waals surface area contributed by atoms with E-state index in [2.05, 4.69) is 267 Å². The second-order valence-electron chi connectivity index (χ2n) is 20.3. The third-order valence-electron chi connectivity index (χ3n) is 16.3. The Kier molecular flexibility index (Phi) is 8.86. The highest BCUT2D eigenvalue weighted by atomic mass is 32.1. The fourth-order valence-corrected chi connectivity index (χ4v) is 14.2. The Balaban J connectivity index is 1.08. The van der Waals surface area contributed by atoms with Crippen molar-refractivity contribution in [2.75, 3.05) is 4.90 Å². The lowest BCUT2D eigenvalue weighted by Gasteiger charge is -2.35. The van der Waals surface area contributed by atoms with Crippen molar-refractivity contribution in [2.45, 2.75) is 24.7 Å². The first-order chi connectivity index (χ1) is 35.5. The van der Waals surface area contributed by atoms with Gasteiger partial charge in [0.2, 0.25) is 0 Å². The summed E-state index contributed by atoms with van der Waals surface area (Å²) in [4.78, 5) is 2.59. The van der Waals surface area contributed by atoms with Crippen LogP contribution < -0.4 is 4.90 Å². The van der Waals surface area contributed by atoms with E-state index < -0.39 is 5.41 Å². The Labute approximate surface area is 423 Å². The van der Waals surface area contributed by atoms with Crippen LogP contribution in [-0.4, -0.2) is 0 Å². The quantitative estimate of drug-likeness (QED) is 0.150. The van der Waals surface area contributed by atoms with Crippen molar-refractivity contribution >= 4 is 80.9 Å². The molecule has 0 N–H and O–H groups in total. The smallest absolute Gasteiger partial charge is 0.0714 e. The van der Waals surface area contributed by atoms with Crippen LogP contribution in [0.25, 0.3) is 85.9 Å². The van der Waals surface area contributed by atoms with Gasteiger partial charge in [0.25, 0.3) is 0 Å². The maximum Gasteiger partial charge on any atom is 0.0714 e. The van der Waals surface area contributed by atoms with Gasteiger partial charge in [-0.15, -0.1) is 11.3 Å². The second-order valence-corrected chi connectivity index (χ2v) is 21.4. The Bertz CT molecular complexity index is 4330. The van der Waals surface area contributed by atoms with Gasteiger partial charge >= 0.3 is 0 Å². The van der Waals surface area contributed by atoms with Crippen LogP contribution in [0.3, 0.4) is 0 Å². The molecule has 0 spiro atoms. The molecule has 0 radical (unpaired) electrons. The van der Waals surface area contributed by atoms with Gasteiger partial charge in [-0.2, -0.15) is 0 Å². The number of anilines is 3. The van der Waals surface area contributed by atoms with Crippen molar-refractivity contribution < 1.29 is 0 Å². The van der Waals surface area contributed by atoms with E-state index in [0.717, 1.165) is 17.1 Å². The molecule has 1 nitrogen and oxygen atoms in total. The van der Waals surface area contributed by atoms with Crippen molar-refractivity contribution in [1.82, 2.24) is 0 Å². The van der Waals surface area contributed by atoms with Crippen LogP contribution in [0.4, 0.5) is 17.1 Å². The van der Waals surface area contributed by atoms with Crippen LogP contribution in [0.5, 0.6) is 0 Å². The van der Waals surface area contributed by atoms with Crippen LogP contribution in [0, 0.1) is 0 Å². The number of hydrogen-bond donors (Lipinski definition) is 0. The summed E-state index contributed by atoms with van der Waals surface area (Å²) in [6, 6.07) is 94.1. The molecule has 1 heterocycles. The molecule has 0 atom stereocenters. The van der Waals surface area contributed by atoms with E-state index in [1.807, 2.05) is 11.3 Å². The first kappa shape index (κ1) is 41.2. The maximum atomic E-state index is 2.59. The Morgan fingerprint density at radius 3 is 1.50 bits per heavy atom. The summed E-state index contributed by atoms with van der Waals surface area (Å²) >= 11 is 1.87. The topological polar surface area (TPSA) is 3.24 Å². The Hall–Kier alpha value is -8.56. The average molecular weight is 934 g/mol. The molecule has 0 amide bonds. The minimum absolute atomic E-state index is 0.133. The summed E-state index contributed by atoms with van der Waals surface area (Å²) < 4.78 is 2.61. The highest BCUT2D eigenvalue weighted by Crippen LogP contribution is 2.59. The van der Waals surface area contributed by atoms with Gasteiger partial charge < -0.3 is 4.90 Å². The molecule has 2 heteroatoms. The summed E-state index contributed by atoms with van der Waals surface area (Å²) in [6.45, 7) is 4.75. The predicted molar refractivity (Wildman–Crippen MR) is 307 cm³/mol. The van der Waals surface area contributed by atoms with Gasteiger partial charge in [0.1, 0.15) is 0 Å². The van der Waals surface area contributed by atoms with Gasteiger partial charge in [0.15, 0.2) is 0 Å². The molecule has 72 heavy (non-hydrogen) atoms. The number of hydrogen-bond acceptors (Lipinski definition) is 2. The predicted octanol–water partition coefficient (Wildman–Crippen LogP) is 19.3. The van der Waals surface area contributed by atoms with E-state index in [1.54, 1.807) is 0 Å². The van der Waals surface area contributed by atoms with Gasteiger partial charge in [0, 0.05) is 42.5 Å². The van der Waals surface area contributed by atoms with Gasteiger partial charge in [-0.3, -0.25) is 0 Å². The van der Waals surface area contributed by atoms with Gasteiger partial charge in [0.05, 0.1) is 11.1 Å². The zero-order chi connectivity index (χ0) is 47.7. The van der Waals surface area contributed by atoms with Crippen LogP contribution >= 0.6 is 11.3 Å². The molecule has 12 aromatic carbocycles. The van der Waals surface area contributed by atoms with Crippen LogP contribution in [0.1, 0.15) is 47.2 Å². The molecule has 15 rings (SSSR count). The lowest BCUT2D eigenvalue weighted by molar-refractivity contribution is 0.660. The first-order valence-electron chi connectivity index (χ1n) is 25.2. The Morgan fingerprint density at radius 1 is 0.306 bits per heavy atom. The average Bonchev–Trinajstić information content (AvgIpc) is 4.04. The van der Waals surface area contributed by atoms with Crippen LogP contribution in [0.2, 0.25) is 0 Å². The summed E-state index contributed by atoms with van der Waals surface area (Å²) in [5.74, 6) is 0. The molecule has 0 bridgehead atoms. The normalized spacial score (nSPS) is 13.9. The number of benzene rings is 12. The molecular weight excluding hydrogens is 887 g/mol. The number of nitrogens with zero attached hydrogens (tertiary/aromatic N) is 1. The van der Waals surface area contributed by atoms with E-state index in [9.17, 15) is 0 Å². The first-order valence-corrected chi connectivity index (χ1v) is 26.0. The molecule has 0 unspecified atom stereocenters. The molecule has 13 aromatic rings. The minimum atomic E-state index is -0.566. The zero-order valence-electron chi connectivity index (χ0n) is 40.0. The largest absolute Gasteiger partial charge is 0.310 e. The van der Waals surface area contributed by atoms with E-state index in [4.69, 9.17) is 0 Å². The fourth-order valence-electron chi connectivity index (χ4n) is 13.1. The monoisotopic (exact) mass is 933 g/mol. The zero-order valence-corrected chi connectivity index (χ0v) is 40.8.